The standard InChI is InChI=1S/C18H22N4O3/c23-17-3-1-2-9-21(17)10-6-18(24)22-11-12-25-14-16(22)5-4-15-13-19-7-8-20-15/h1-3,7-9,13,16H,4-6,10-12,14H2/t16-/m1/s1. The van der Waals surface area contributed by atoms with Gasteiger partial charge in [-0.3, -0.25) is 19.6 Å². The van der Waals surface area contributed by atoms with Crippen LogP contribution in [-0.2, 0) is 22.5 Å². The van der Waals surface area contributed by atoms with Gasteiger partial charge >= 0.3 is 0 Å². The van der Waals surface area contributed by atoms with Gasteiger partial charge in [0.25, 0.3) is 5.56 Å². The number of carbonyl (C=O) groups excluding carboxylic acids is 1. The summed E-state index contributed by atoms with van der Waals surface area (Å²) in [5, 5.41) is 0. The fourth-order valence-corrected chi connectivity index (χ4v) is 3.00. The van der Waals surface area contributed by atoms with E-state index in [4.69, 9.17) is 4.74 Å². The van der Waals surface area contributed by atoms with Gasteiger partial charge in [-0.05, 0) is 18.9 Å². The van der Waals surface area contributed by atoms with Gasteiger partial charge in [-0.2, -0.15) is 0 Å². The van der Waals surface area contributed by atoms with E-state index in [0.717, 1.165) is 18.5 Å². The molecule has 7 heteroatoms. The van der Waals surface area contributed by atoms with Crippen molar-refractivity contribution >= 4 is 5.91 Å². The monoisotopic (exact) mass is 342 g/mol. The predicted molar refractivity (Wildman–Crippen MR) is 92.0 cm³/mol. The van der Waals surface area contributed by atoms with Crippen molar-refractivity contribution in [2.45, 2.75) is 31.8 Å². The number of hydrogen-bond donors (Lipinski definition) is 0. The van der Waals surface area contributed by atoms with Gasteiger partial charge in [-0.1, -0.05) is 6.07 Å². The van der Waals surface area contributed by atoms with Gasteiger partial charge in [-0.15, -0.1) is 0 Å². The molecule has 2 aromatic heterocycles. The Morgan fingerprint density at radius 1 is 1.32 bits per heavy atom. The normalized spacial score (nSPS) is 17.4. The zero-order valence-electron chi connectivity index (χ0n) is 14.1. The van der Waals surface area contributed by atoms with Crippen molar-refractivity contribution in [2.75, 3.05) is 19.8 Å². The topological polar surface area (TPSA) is 77.3 Å². The average molecular weight is 342 g/mol. The Bertz CT molecular complexity index is 747. The van der Waals surface area contributed by atoms with Crippen LogP contribution in [0.1, 0.15) is 18.5 Å². The number of ether oxygens (including phenoxy) is 1. The van der Waals surface area contributed by atoms with E-state index in [9.17, 15) is 9.59 Å². The van der Waals surface area contributed by atoms with Crippen molar-refractivity contribution in [3.05, 3.63) is 59.0 Å². The Kier molecular flexibility index (Phi) is 5.90. The zero-order valence-corrected chi connectivity index (χ0v) is 14.1. The molecule has 25 heavy (non-hydrogen) atoms. The summed E-state index contributed by atoms with van der Waals surface area (Å²) in [6.45, 7) is 2.08. The average Bonchev–Trinajstić information content (AvgIpc) is 2.66. The lowest BCUT2D eigenvalue weighted by atomic mass is 10.1. The van der Waals surface area contributed by atoms with Gasteiger partial charge in [0.1, 0.15) is 0 Å². The van der Waals surface area contributed by atoms with Crippen LogP contribution in [0.5, 0.6) is 0 Å². The summed E-state index contributed by atoms with van der Waals surface area (Å²) >= 11 is 0. The lowest BCUT2D eigenvalue weighted by Crippen LogP contribution is -2.49. The first-order chi connectivity index (χ1) is 12.2. The first-order valence-corrected chi connectivity index (χ1v) is 8.51. The molecule has 1 saturated heterocycles. The van der Waals surface area contributed by atoms with E-state index in [-0.39, 0.29) is 17.5 Å². The van der Waals surface area contributed by atoms with E-state index in [0.29, 0.717) is 32.7 Å². The van der Waals surface area contributed by atoms with Crippen LogP contribution in [0.15, 0.2) is 47.8 Å². The van der Waals surface area contributed by atoms with Crippen LogP contribution in [0.25, 0.3) is 0 Å². The van der Waals surface area contributed by atoms with Crippen LogP contribution in [0, 0.1) is 0 Å². The second-order valence-corrected chi connectivity index (χ2v) is 6.03. The van der Waals surface area contributed by atoms with E-state index >= 15 is 0 Å². The third kappa shape index (κ3) is 4.73. The number of pyridine rings is 1. The highest BCUT2D eigenvalue weighted by Crippen LogP contribution is 2.14. The number of aromatic nitrogens is 3. The molecule has 0 bridgehead atoms. The highest BCUT2D eigenvalue weighted by Gasteiger charge is 2.26. The van der Waals surface area contributed by atoms with E-state index in [2.05, 4.69) is 9.97 Å². The second kappa shape index (κ2) is 8.53. The molecule has 0 aromatic carbocycles. The number of rotatable bonds is 6. The van der Waals surface area contributed by atoms with Crippen molar-refractivity contribution in [1.82, 2.24) is 19.4 Å². The Balaban J connectivity index is 1.57. The predicted octanol–water partition coefficient (Wildman–Crippen LogP) is 0.889. The molecule has 3 heterocycles. The summed E-state index contributed by atoms with van der Waals surface area (Å²) in [5.74, 6) is 0.0585. The third-order valence-electron chi connectivity index (χ3n) is 4.36. The summed E-state index contributed by atoms with van der Waals surface area (Å²) in [5.41, 5.74) is 0.827. The Hall–Kier alpha value is -2.54. The summed E-state index contributed by atoms with van der Waals surface area (Å²) in [7, 11) is 0. The van der Waals surface area contributed by atoms with Gasteiger partial charge < -0.3 is 14.2 Å². The second-order valence-electron chi connectivity index (χ2n) is 6.03. The van der Waals surface area contributed by atoms with Crippen molar-refractivity contribution in [3.8, 4) is 0 Å². The summed E-state index contributed by atoms with van der Waals surface area (Å²) < 4.78 is 7.11. The van der Waals surface area contributed by atoms with E-state index in [1.165, 1.54) is 6.07 Å². The van der Waals surface area contributed by atoms with Crippen molar-refractivity contribution in [2.24, 2.45) is 0 Å². The van der Waals surface area contributed by atoms with E-state index in [1.807, 2.05) is 4.90 Å². The maximum Gasteiger partial charge on any atom is 0.250 e. The quantitative estimate of drug-likeness (QED) is 0.779. The fraction of sp³-hybridized carbons (Fsp3) is 0.444. The highest BCUT2D eigenvalue weighted by atomic mass is 16.5. The van der Waals surface area contributed by atoms with Crippen LogP contribution in [0.3, 0.4) is 0 Å². The molecule has 2 aromatic rings. The SMILES string of the molecule is O=C(CCn1ccccc1=O)N1CCOC[C@H]1CCc1cnccn1. The van der Waals surface area contributed by atoms with Crippen LogP contribution >= 0.6 is 0 Å². The molecule has 0 radical (unpaired) electrons. The molecule has 0 aliphatic carbocycles. The zero-order chi connectivity index (χ0) is 17.5. The molecule has 1 aliphatic heterocycles. The molecule has 0 unspecified atom stereocenters. The number of nitrogens with zero attached hydrogens (tertiary/aromatic N) is 4. The lowest BCUT2D eigenvalue weighted by Gasteiger charge is -2.35. The molecule has 1 aliphatic rings. The van der Waals surface area contributed by atoms with Crippen molar-refractivity contribution in [1.29, 1.82) is 0 Å². The maximum atomic E-state index is 12.6. The smallest absolute Gasteiger partial charge is 0.250 e. The first-order valence-electron chi connectivity index (χ1n) is 8.51. The molecule has 0 N–H and O–H groups in total. The highest BCUT2D eigenvalue weighted by molar-refractivity contribution is 5.76. The van der Waals surface area contributed by atoms with Crippen LogP contribution in [0.4, 0.5) is 0 Å². The van der Waals surface area contributed by atoms with E-state index < -0.39 is 0 Å². The van der Waals surface area contributed by atoms with Gasteiger partial charge in [-0.25, -0.2) is 0 Å². The molecule has 3 rings (SSSR count). The molecular weight excluding hydrogens is 320 g/mol. The molecule has 0 saturated carbocycles. The summed E-state index contributed by atoms with van der Waals surface area (Å²) in [6, 6.07) is 5.04. The van der Waals surface area contributed by atoms with Crippen LogP contribution in [-0.4, -0.2) is 51.1 Å². The molecular formula is C18H22N4O3. The minimum Gasteiger partial charge on any atom is -0.377 e. The van der Waals surface area contributed by atoms with Crippen LogP contribution in [0.2, 0.25) is 0 Å². The molecule has 0 spiro atoms. The molecule has 132 valence electrons. The van der Waals surface area contributed by atoms with Crippen molar-refractivity contribution < 1.29 is 9.53 Å². The molecule has 1 atom stereocenters. The lowest BCUT2D eigenvalue weighted by molar-refractivity contribution is -0.140. The Morgan fingerprint density at radius 3 is 3.04 bits per heavy atom. The molecule has 1 amide bonds. The van der Waals surface area contributed by atoms with Gasteiger partial charge in [0.05, 0.1) is 24.9 Å². The Labute approximate surface area is 146 Å². The number of morpholine rings is 1. The van der Waals surface area contributed by atoms with Gasteiger partial charge in [0.2, 0.25) is 5.91 Å². The minimum absolute atomic E-state index is 0.0377. The number of amides is 1. The molecule has 7 nitrogen and oxygen atoms in total. The minimum atomic E-state index is -0.0866. The summed E-state index contributed by atoms with van der Waals surface area (Å²) in [4.78, 5) is 34.6. The third-order valence-corrected chi connectivity index (χ3v) is 4.36. The number of aryl methyl sites for hydroxylation is 2. The fourth-order valence-electron chi connectivity index (χ4n) is 3.00. The molecule has 1 fully saturated rings. The van der Waals surface area contributed by atoms with Crippen LogP contribution < -0.4 is 5.56 Å². The largest absolute Gasteiger partial charge is 0.377 e. The van der Waals surface area contributed by atoms with Crippen molar-refractivity contribution in [3.63, 3.8) is 0 Å². The number of carbonyl (C=O) groups is 1. The van der Waals surface area contributed by atoms with Gasteiger partial charge in [0, 0.05) is 50.4 Å². The Morgan fingerprint density at radius 2 is 2.24 bits per heavy atom. The number of hydrogen-bond acceptors (Lipinski definition) is 5. The summed E-state index contributed by atoms with van der Waals surface area (Å²) in [6.07, 6.45) is 8.63. The maximum absolute atomic E-state index is 12.6. The van der Waals surface area contributed by atoms with Gasteiger partial charge in [0.15, 0.2) is 0 Å². The first kappa shape index (κ1) is 17.3. The van der Waals surface area contributed by atoms with E-state index in [1.54, 1.807) is 41.5 Å².